The Balaban J connectivity index is 2.06. The highest BCUT2D eigenvalue weighted by Crippen LogP contribution is 2.32. The highest BCUT2D eigenvalue weighted by atomic mass is 32.2. The van der Waals surface area contributed by atoms with Crippen molar-refractivity contribution in [3.63, 3.8) is 0 Å². The third-order valence-corrected chi connectivity index (χ3v) is 6.14. The Kier molecular flexibility index (Phi) is 3.85. The average Bonchev–Trinajstić information content (AvgIpc) is 3.01. The average molecular weight is 318 g/mol. The molecule has 1 aliphatic heterocycles. The molecule has 2 aliphatic rings. The maximum atomic E-state index is 12.5. The molecule has 5 heteroatoms. The Morgan fingerprint density at radius 3 is 2.41 bits per heavy atom. The van der Waals surface area contributed by atoms with Crippen LogP contribution in [0.3, 0.4) is 0 Å². The molecule has 1 aromatic carbocycles. The fraction of sp³-hybridized carbons (Fsp3) is 0.471. The number of aliphatic imine (C=N–C) groups is 1. The van der Waals surface area contributed by atoms with Gasteiger partial charge in [-0.05, 0) is 50.3 Å². The normalized spacial score (nSPS) is 23.3. The molecule has 0 bridgehead atoms. The molecule has 0 aromatic heterocycles. The van der Waals surface area contributed by atoms with E-state index in [0.29, 0.717) is 10.7 Å². The number of hydrogen-bond acceptors (Lipinski definition) is 3. The summed E-state index contributed by atoms with van der Waals surface area (Å²) in [5, 5.41) is 0. The van der Waals surface area contributed by atoms with Crippen LogP contribution in [0, 0.1) is 13.8 Å². The first-order chi connectivity index (χ1) is 10.4. The van der Waals surface area contributed by atoms with Crippen molar-refractivity contribution in [1.29, 1.82) is 0 Å². The van der Waals surface area contributed by atoms with Crippen molar-refractivity contribution in [3.05, 3.63) is 40.5 Å². The minimum Gasteiger partial charge on any atom is -0.264 e. The van der Waals surface area contributed by atoms with Gasteiger partial charge in [0.05, 0.1) is 6.04 Å². The summed E-state index contributed by atoms with van der Waals surface area (Å²) in [4.78, 5) is 5.00. The molecule has 0 unspecified atom stereocenters. The van der Waals surface area contributed by atoms with Gasteiger partial charge in [0.25, 0.3) is 10.0 Å². The van der Waals surface area contributed by atoms with E-state index in [4.69, 9.17) is 0 Å². The van der Waals surface area contributed by atoms with Gasteiger partial charge in [0.15, 0.2) is 0 Å². The van der Waals surface area contributed by atoms with Gasteiger partial charge in [0.1, 0.15) is 10.7 Å². The van der Waals surface area contributed by atoms with Crippen LogP contribution in [0.5, 0.6) is 0 Å². The molecular weight excluding hydrogens is 296 g/mol. The Hall–Kier alpha value is -1.62. The largest absolute Gasteiger partial charge is 0.264 e. The molecule has 3 rings (SSSR count). The smallest absolute Gasteiger partial charge is 0.264 e. The molecule has 118 valence electrons. The predicted molar refractivity (Wildman–Crippen MR) is 90.3 cm³/mol. The van der Waals surface area contributed by atoms with Crippen LogP contribution in [0.4, 0.5) is 0 Å². The van der Waals surface area contributed by atoms with Crippen LogP contribution >= 0.6 is 0 Å². The molecule has 4 nitrogen and oxygen atoms in total. The molecule has 1 heterocycles. The minimum atomic E-state index is -3.51. The molecule has 0 atom stereocenters. The monoisotopic (exact) mass is 318 g/mol. The van der Waals surface area contributed by atoms with E-state index in [9.17, 15) is 8.42 Å². The number of benzene rings is 1. The first-order valence-corrected chi connectivity index (χ1v) is 9.26. The second-order valence-electron chi connectivity index (χ2n) is 6.27. The van der Waals surface area contributed by atoms with Crippen LogP contribution in [0.1, 0.15) is 49.3 Å². The molecule has 1 N–H and O–H groups in total. The second kappa shape index (κ2) is 5.54. The Morgan fingerprint density at radius 2 is 1.77 bits per heavy atom. The molecule has 0 spiro atoms. The zero-order valence-corrected chi connectivity index (χ0v) is 14.1. The lowest BCUT2D eigenvalue weighted by atomic mass is 10.0. The van der Waals surface area contributed by atoms with E-state index in [1.165, 1.54) is 12.8 Å². The van der Waals surface area contributed by atoms with Crippen molar-refractivity contribution in [2.24, 2.45) is 4.99 Å². The summed E-state index contributed by atoms with van der Waals surface area (Å²) in [5.41, 5.74) is 3.72. The molecule has 0 radical (unpaired) electrons. The van der Waals surface area contributed by atoms with E-state index in [1.54, 1.807) is 0 Å². The first-order valence-electron chi connectivity index (χ1n) is 7.78. The fourth-order valence-corrected chi connectivity index (χ4v) is 4.66. The summed E-state index contributed by atoms with van der Waals surface area (Å²) in [5.74, 6) is 0.528. The number of rotatable bonds is 2. The highest BCUT2D eigenvalue weighted by Gasteiger charge is 2.33. The number of amidine groups is 1. The van der Waals surface area contributed by atoms with Gasteiger partial charge in [0, 0.05) is 5.57 Å². The Morgan fingerprint density at radius 1 is 1.09 bits per heavy atom. The summed E-state index contributed by atoms with van der Waals surface area (Å²) in [6.45, 7) is 5.86. The number of hydrogen-bond donors (Lipinski definition) is 1. The van der Waals surface area contributed by atoms with Gasteiger partial charge in [0.2, 0.25) is 0 Å². The maximum absolute atomic E-state index is 12.5. The number of nitrogens with one attached hydrogen (secondary N) is 1. The van der Waals surface area contributed by atoms with Gasteiger partial charge < -0.3 is 0 Å². The van der Waals surface area contributed by atoms with Crippen LogP contribution in [-0.4, -0.2) is 20.3 Å². The second-order valence-corrected chi connectivity index (χ2v) is 7.89. The molecule has 0 saturated heterocycles. The van der Waals surface area contributed by atoms with Crippen LogP contribution in [-0.2, 0) is 10.0 Å². The zero-order chi connectivity index (χ0) is 15.9. The van der Waals surface area contributed by atoms with Gasteiger partial charge in [-0.15, -0.1) is 0 Å². The summed E-state index contributed by atoms with van der Waals surface area (Å²) < 4.78 is 27.6. The minimum absolute atomic E-state index is 0.256. The van der Waals surface area contributed by atoms with Crippen LogP contribution < -0.4 is 4.72 Å². The summed E-state index contributed by atoms with van der Waals surface area (Å²) in [6, 6.07) is 6.03. The molecule has 1 fully saturated rings. The summed E-state index contributed by atoms with van der Waals surface area (Å²) >= 11 is 0. The molecule has 1 aromatic rings. The van der Waals surface area contributed by atoms with E-state index >= 15 is 0 Å². The molecule has 22 heavy (non-hydrogen) atoms. The maximum Gasteiger partial charge on any atom is 0.264 e. The van der Waals surface area contributed by atoms with Gasteiger partial charge in [-0.2, -0.15) is 0 Å². The van der Waals surface area contributed by atoms with Crippen molar-refractivity contribution in [1.82, 2.24) is 4.72 Å². The van der Waals surface area contributed by atoms with Crippen molar-refractivity contribution in [3.8, 4) is 0 Å². The van der Waals surface area contributed by atoms with Crippen molar-refractivity contribution >= 4 is 20.8 Å². The first kappa shape index (κ1) is 15.3. The van der Waals surface area contributed by atoms with E-state index in [-0.39, 0.29) is 6.04 Å². The Labute approximate surface area is 132 Å². The highest BCUT2D eigenvalue weighted by molar-refractivity contribution is 8.00. The lowest BCUT2D eigenvalue weighted by Gasteiger charge is -2.06. The molecule has 1 saturated carbocycles. The van der Waals surface area contributed by atoms with Crippen molar-refractivity contribution < 1.29 is 8.42 Å². The van der Waals surface area contributed by atoms with Crippen molar-refractivity contribution in [2.45, 2.75) is 52.5 Å². The zero-order valence-electron chi connectivity index (χ0n) is 13.3. The van der Waals surface area contributed by atoms with E-state index in [1.807, 2.05) is 39.0 Å². The Bertz CT molecular complexity index is 770. The molecule has 1 aliphatic carbocycles. The third kappa shape index (κ3) is 2.70. The molecular formula is C17H22N2O2S. The quantitative estimate of drug-likeness (QED) is 0.909. The molecule has 0 amide bonds. The topological polar surface area (TPSA) is 58.5 Å². The standard InChI is InChI=1S/C17H22N2O2S/c1-11-8-9-14(10-12(11)2)16-13(3)17(19-22(16,20)21)18-15-6-4-5-7-15/h8-10,15H,4-7H2,1-3H3,(H,18,19). The summed E-state index contributed by atoms with van der Waals surface area (Å²) in [6.07, 6.45) is 4.47. The van der Waals surface area contributed by atoms with Crippen LogP contribution in [0.15, 0.2) is 28.8 Å². The number of aryl methyl sites for hydroxylation is 2. The third-order valence-electron chi connectivity index (χ3n) is 4.60. The SMILES string of the molecule is CC1=C(c2ccc(C)c(C)c2)S(=O)(=O)NC1=NC1CCCC1. The van der Waals surface area contributed by atoms with Gasteiger partial charge in [-0.25, -0.2) is 8.42 Å². The lowest BCUT2D eigenvalue weighted by molar-refractivity contribution is 0.603. The number of sulfonamides is 1. The number of nitrogens with zero attached hydrogens (tertiary/aromatic N) is 1. The lowest BCUT2D eigenvalue weighted by Crippen LogP contribution is -2.25. The van der Waals surface area contributed by atoms with Gasteiger partial charge in [-0.1, -0.05) is 31.0 Å². The predicted octanol–water partition coefficient (Wildman–Crippen LogP) is 3.31. The van der Waals surface area contributed by atoms with Gasteiger partial charge in [-0.3, -0.25) is 9.71 Å². The van der Waals surface area contributed by atoms with Gasteiger partial charge >= 0.3 is 0 Å². The summed E-state index contributed by atoms with van der Waals surface area (Å²) in [7, 11) is -3.51. The van der Waals surface area contributed by atoms with Crippen LogP contribution in [0.2, 0.25) is 0 Å². The van der Waals surface area contributed by atoms with Crippen molar-refractivity contribution in [2.75, 3.05) is 0 Å². The van der Waals surface area contributed by atoms with E-state index in [0.717, 1.165) is 35.1 Å². The fourth-order valence-electron chi connectivity index (χ4n) is 3.16. The van der Waals surface area contributed by atoms with E-state index in [2.05, 4.69) is 9.71 Å². The van der Waals surface area contributed by atoms with Crippen LogP contribution in [0.25, 0.3) is 4.91 Å². The van der Waals surface area contributed by atoms with E-state index < -0.39 is 10.0 Å².